The van der Waals surface area contributed by atoms with E-state index in [0.717, 1.165) is 26.3 Å². The molecule has 1 rings (SSSR count). The van der Waals surface area contributed by atoms with Crippen molar-refractivity contribution in [1.82, 2.24) is 0 Å². The van der Waals surface area contributed by atoms with E-state index in [0.29, 0.717) is 0 Å². The fourth-order valence-corrected chi connectivity index (χ4v) is 58.4. The van der Waals surface area contributed by atoms with Crippen molar-refractivity contribution in [3.05, 3.63) is 0 Å². The van der Waals surface area contributed by atoms with E-state index in [2.05, 4.69) is 26.2 Å². The van der Waals surface area contributed by atoms with Gasteiger partial charge in [0.25, 0.3) is 0 Å². The molecule has 0 radical (unpaired) electrons. The zero-order valence-electron chi connectivity index (χ0n) is 7.23. The minimum absolute atomic E-state index is 0.636. The molecular formula is C6H16Se2Si2. The van der Waals surface area contributed by atoms with Crippen molar-refractivity contribution >= 4 is 41.4 Å². The fraction of sp³-hybridized carbons (Fsp3) is 1.00. The van der Waals surface area contributed by atoms with Crippen molar-refractivity contribution in [3.8, 4) is 0 Å². The Morgan fingerprint density at radius 1 is 0.800 bits per heavy atom. The average Bonchev–Trinajstić information content (AvgIpc) is 1.77. The third-order valence-electron chi connectivity index (χ3n) is 2.75. The molecule has 0 unspecified atom stereocenters. The van der Waals surface area contributed by atoms with Crippen molar-refractivity contribution in [1.29, 1.82) is 0 Å². The average molecular weight is 302 g/mol. The first-order valence-corrected chi connectivity index (χ1v) is 17.9. The van der Waals surface area contributed by atoms with Crippen LogP contribution in [0, 0.1) is 0 Å². The van der Waals surface area contributed by atoms with Crippen LogP contribution in [-0.4, -0.2) is 41.4 Å². The molecule has 60 valence electrons. The van der Waals surface area contributed by atoms with Crippen molar-refractivity contribution in [2.75, 3.05) is 0 Å². The van der Waals surface area contributed by atoms with Gasteiger partial charge in [-0.15, -0.1) is 0 Å². The topological polar surface area (TPSA) is 0 Å². The summed E-state index contributed by atoms with van der Waals surface area (Å²) >= 11 is 2.20. The molecule has 0 N–H and O–H groups in total. The molecule has 4 heteroatoms. The summed E-state index contributed by atoms with van der Waals surface area (Å²) < 4.78 is 0. The number of hydrogen-bond donors (Lipinski definition) is 0. The minimum atomic E-state index is -0.636. The van der Waals surface area contributed by atoms with Gasteiger partial charge in [0.15, 0.2) is 0 Å². The van der Waals surface area contributed by atoms with Gasteiger partial charge in [-0.25, -0.2) is 0 Å². The molecule has 0 aromatic carbocycles. The van der Waals surface area contributed by atoms with Gasteiger partial charge in [-0.1, -0.05) is 0 Å². The van der Waals surface area contributed by atoms with Crippen LogP contribution in [0.2, 0.25) is 36.1 Å². The summed E-state index contributed by atoms with van der Waals surface area (Å²) in [5, 5.41) is 0. The Morgan fingerprint density at radius 2 is 1.10 bits per heavy atom. The first-order valence-electron chi connectivity index (χ1n) is 3.70. The van der Waals surface area contributed by atoms with Crippen LogP contribution in [0.25, 0.3) is 0 Å². The molecule has 0 amide bonds. The Hall–Kier alpha value is 1.47. The van der Waals surface area contributed by atoms with E-state index in [4.69, 9.17) is 0 Å². The van der Waals surface area contributed by atoms with Crippen molar-refractivity contribution < 1.29 is 0 Å². The predicted molar refractivity (Wildman–Crippen MR) is 56.1 cm³/mol. The molecule has 0 aromatic rings. The SMILES string of the molecule is C[Si]1(C)C[Se][Se]C[Si]1(C)C. The third-order valence-corrected chi connectivity index (χ3v) is 44.0. The van der Waals surface area contributed by atoms with Crippen molar-refractivity contribution in [2.45, 2.75) is 36.1 Å². The van der Waals surface area contributed by atoms with E-state index in [1.807, 2.05) is 0 Å². The Morgan fingerprint density at radius 3 is 1.30 bits per heavy atom. The monoisotopic (exact) mass is 304 g/mol. The molecule has 1 aliphatic rings. The van der Waals surface area contributed by atoms with E-state index < -0.39 is 15.2 Å². The van der Waals surface area contributed by atoms with Gasteiger partial charge in [0.05, 0.1) is 0 Å². The normalized spacial score (nSPS) is 30.0. The van der Waals surface area contributed by atoms with Crippen LogP contribution in [-0.2, 0) is 0 Å². The molecule has 0 atom stereocenters. The Kier molecular flexibility index (Phi) is 2.94. The van der Waals surface area contributed by atoms with Crippen LogP contribution in [0.1, 0.15) is 0 Å². The van der Waals surface area contributed by atoms with Gasteiger partial charge in [0.2, 0.25) is 0 Å². The van der Waals surface area contributed by atoms with Gasteiger partial charge in [0.1, 0.15) is 0 Å². The van der Waals surface area contributed by atoms with Gasteiger partial charge >= 0.3 is 77.5 Å². The Balaban J connectivity index is 2.70. The summed E-state index contributed by atoms with van der Waals surface area (Å²) in [6, 6.07) is 0. The van der Waals surface area contributed by atoms with E-state index in [1.165, 1.54) is 0 Å². The van der Waals surface area contributed by atoms with Crippen LogP contribution in [0.15, 0.2) is 0 Å². The van der Waals surface area contributed by atoms with Gasteiger partial charge in [-0.2, -0.15) is 0 Å². The number of hydrogen-bond acceptors (Lipinski definition) is 0. The summed E-state index contributed by atoms with van der Waals surface area (Å²) in [6.07, 6.45) is 0. The molecule has 1 heterocycles. The van der Waals surface area contributed by atoms with Crippen LogP contribution >= 0.6 is 0 Å². The van der Waals surface area contributed by atoms with E-state index in [1.54, 1.807) is 9.89 Å². The van der Waals surface area contributed by atoms with Crippen LogP contribution in [0.5, 0.6) is 0 Å². The van der Waals surface area contributed by atoms with E-state index in [9.17, 15) is 0 Å². The molecule has 10 heavy (non-hydrogen) atoms. The molecule has 0 aliphatic carbocycles. The first-order chi connectivity index (χ1) is 4.46. The summed E-state index contributed by atoms with van der Waals surface area (Å²) in [5.74, 6) is 0. The molecule has 0 nitrogen and oxygen atoms in total. The molecular weight excluding hydrogens is 286 g/mol. The Labute approximate surface area is 77.2 Å². The maximum absolute atomic E-state index is 2.64. The molecule has 0 bridgehead atoms. The van der Waals surface area contributed by atoms with Crippen LogP contribution in [0.4, 0.5) is 0 Å². The van der Waals surface area contributed by atoms with Crippen molar-refractivity contribution in [2.24, 2.45) is 0 Å². The predicted octanol–water partition coefficient (Wildman–Crippen LogP) is 1.73. The maximum atomic E-state index is 2.64. The van der Waals surface area contributed by atoms with Crippen LogP contribution < -0.4 is 0 Å². The number of rotatable bonds is 0. The van der Waals surface area contributed by atoms with Gasteiger partial charge in [-0.3, -0.25) is 0 Å². The second-order valence-electron chi connectivity index (χ2n) is 4.29. The zero-order valence-corrected chi connectivity index (χ0v) is 12.7. The van der Waals surface area contributed by atoms with E-state index >= 15 is 0 Å². The third kappa shape index (κ3) is 1.79. The quantitative estimate of drug-likeness (QED) is 0.598. The summed E-state index contributed by atoms with van der Waals surface area (Å²) in [6.45, 7) is 10.5. The van der Waals surface area contributed by atoms with Crippen LogP contribution in [0.3, 0.4) is 0 Å². The second kappa shape index (κ2) is 3.08. The van der Waals surface area contributed by atoms with E-state index in [-0.39, 0.29) is 0 Å². The standard InChI is InChI=1S/C6H16Se2Si2/c1-9(2)5-7-8-6-10(9,3)4/h5-6H2,1-4H3. The van der Waals surface area contributed by atoms with Crippen molar-refractivity contribution in [3.63, 3.8) is 0 Å². The zero-order chi connectivity index (χ0) is 7.83. The first kappa shape index (κ1) is 9.56. The van der Waals surface area contributed by atoms with Gasteiger partial charge < -0.3 is 0 Å². The summed E-state index contributed by atoms with van der Waals surface area (Å²) in [4.78, 5) is 3.42. The molecule has 1 fully saturated rings. The molecule has 0 aromatic heterocycles. The fourth-order valence-electron chi connectivity index (χ4n) is 0.769. The molecule has 1 saturated heterocycles. The summed E-state index contributed by atoms with van der Waals surface area (Å²) in [7, 11) is -1.27. The van der Waals surface area contributed by atoms with Gasteiger partial charge in [0, 0.05) is 0 Å². The van der Waals surface area contributed by atoms with Gasteiger partial charge in [-0.05, 0) is 0 Å². The Bertz CT molecular complexity index is 118. The molecule has 0 saturated carbocycles. The molecule has 0 spiro atoms. The second-order valence-corrected chi connectivity index (χ2v) is 30.3. The molecule has 1 aliphatic heterocycles. The summed E-state index contributed by atoms with van der Waals surface area (Å²) in [5.41, 5.74) is 0.